The zero-order valence-electron chi connectivity index (χ0n) is 13.8. The molecule has 0 atom stereocenters. The SMILES string of the molecule is CCOc1ccccc1NC(=O)c1cc(OCc2ccccc2)no1. The van der Waals surface area contributed by atoms with Crippen molar-refractivity contribution in [2.45, 2.75) is 13.5 Å². The van der Waals surface area contributed by atoms with E-state index in [1.807, 2.05) is 49.4 Å². The fourth-order valence-corrected chi connectivity index (χ4v) is 2.20. The van der Waals surface area contributed by atoms with E-state index in [0.29, 0.717) is 24.7 Å². The van der Waals surface area contributed by atoms with Crippen LogP contribution >= 0.6 is 0 Å². The minimum atomic E-state index is -0.422. The summed E-state index contributed by atoms with van der Waals surface area (Å²) in [6, 6.07) is 18.3. The van der Waals surface area contributed by atoms with E-state index in [1.54, 1.807) is 12.1 Å². The van der Waals surface area contributed by atoms with Crippen LogP contribution in [-0.4, -0.2) is 17.7 Å². The lowest BCUT2D eigenvalue weighted by molar-refractivity contribution is 0.0987. The highest BCUT2D eigenvalue weighted by atomic mass is 16.5. The number of nitrogens with one attached hydrogen (secondary N) is 1. The highest BCUT2D eigenvalue weighted by Crippen LogP contribution is 2.24. The van der Waals surface area contributed by atoms with Crippen LogP contribution in [-0.2, 0) is 6.61 Å². The maximum Gasteiger partial charge on any atom is 0.294 e. The third-order valence-corrected chi connectivity index (χ3v) is 3.38. The topological polar surface area (TPSA) is 73.6 Å². The largest absolute Gasteiger partial charge is 0.492 e. The second kappa shape index (κ2) is 8.01. The van der Waals surface area contributed by atoms with Gasteiger partial charge in [0.2, 0.25) is 5.76 Å². The van der Waals surface area contributed by atoms with E-state index in [0.717, 1.165) is 5.56 Å². The molecule has 2 aromatic carbocycles. The first kappa shape index (κ1) is 16.6. The van der Waals surface area contributed by atoms with Crippen molar-refractivity contribution in [3.05, 3.63) is 72.0 Å². The Morgan fingerprint density at radius 2 is 1.84 bits per heavy atom. The zero-order valence-corrected chi connectivity index (χ0v) is 13.8. The second-order valence-electron chi connectivity index (χ2n) is 5.19. The van der Waals surface area contributed by atoms with Crippen LogP contribution in [0.25, 0.3) is 0 Å². The number of rotatable bonds is 7. The van der Waals surface area contributed by atoms with E-state index in [2.05, 4.69) is 10.5 Å². The lowest BCUT2D eigenvalue weighted by atomic mass is 10.2. The van der Waals surface area contributed by atoms with Crippen molar-refractivity contribution in [2.24, 2.45) is 0 Å². The average molecular weight is 338 g/mol. The van der Waals surface area contributed by atoms with Crippen LogP contribution in [0.2, 0.25) is 0 Å². The third-order valence-electron chi connectivity index (χ3n) is 3.38. The Bertz CT molecular complexity index is 830. The molecule has 6 nitrogen and oxygen atoms in total. The monoisotopic (exact) mass is 338 g/mol. The van der Waals surface area contributed by atoms with Crippen LogP contribution in [0.5, 0.6) is 11.6 Å². The molecule has 1 amide bonds. The van der Waals surface area contributed by atoms with Crippen LogP contribution in [0, 0.1) is 0 Å². The van der Waals surface area contributed by atoms with Crippen LogP contribution in [0.4, 0.5) is 5.69 Å². The van der Waals surface area contributed by atoms with Gasteiger partial charge < -0.3 is 19.3 Å². The minimum absolute atomic E-state index is 0.0642. The zero-order chi connectivity index (χ0) is 17.5. The Labute approximate surface area is 145 Å². The summed E-state index contributed by atoms with van der Waals surface area (Å²) in [5.41, 5.74) is 1.57. The van der Waals surface area contributed by atoms with Gasteiger partial charge in [0.05, 0.1) is 18.4 Å². The molecule has 128 valence electrons. The molecule has 1 N–H and O–H groups in total. The van der Waals surface area contributed by atoms with Crippen molar-refractivity contribution in [3.8, 4) is 11.6 Å². The first-order valence-corrected chi connectivity index (χ1v) is 7.93. The van der Waals surface area contributed by atoms with E-state index in [-0.39, 0.29) is 11.6 Å². The number of nitrogens with zero attached hydrogens (tertiary/aromatic N) is 1. The highest BCUT2D eigenvalue weighted by molar-refractivity contribution is 6.03. The minimum Gasteiger partial charge on any atom is -0.492 e. The fraction of sp³-hybridized carbons (Fsp3) is 0.158. The Balaban J connectivity index is 1.63. The number of ether oxygens (including phenoxy) is 2. The number of carbonyl (C=O) groups excluding carboxylic acids is 1. The number of amides is 1. The van der Waals surface area contributed by atoms with E-state index in [9.17, 15) is 4.79 Å². The van der Waals surface area contributed by atoms with Crippen molar-refractivity contribution in [3.63, 3.8) is 0 Å². The molecule has 0 spiro atoms. The van der Waals surface area contributed by atoms with Crippen molar-refractivity contribution in [1.82, 2.24) is 5.16 Å². The summed E-state index contributed by atoms with van der Waals surface area (Å²) < 4.78 is 16.1. The van der Waals surface area contributed by atoms with Crippen LogP contribution in [0.3, 0.4) is 0 Å². The van der Waals surface area contributed by atoms with E-state index < -0.39 is 5.91 Å². The summed E-state index contributed by atoms with van der Waals surface area (Å²) in [6.07, 6.45) is 0. The highest BCUT2D eigenvalue weighted by Gasteiger charge is 2.16. The Morgan fingerprint density at radius 3 is 2.64 bits per heavy atom. The molecule has 1 aromatic heterocycles. The van der Waals surface area contributed by atoms with Gasteiger partial charge in [-0.3, -0.25) is 4.79 Å². The summed E-state index contributed by atoms with van der Waals surface area (Å²) in [7, 11) is 0. The second-order valence-corrected chi connectivity index (χ2v) is 5.19. The van der Waals surface area contributed by atoms with Crippen molar-refractivity contribution < 1.29 is 18.8 Å². The summed E-state index contributed by atoms with van der Waals surface area (Å²) in [5, 5.41) is 6.51. The maximum absolute atomic E-state index is 12.3. The molecule has 0 aliphatic carbocycles. The number of hydrogen-bond donors (Lipinski definition) is 1. The molecule has 0 aliphatic heterocycles. The van der Waals surface area contributed by atoms with Gasteiger partial charge in [-0.2, -0.15) is 0 Å². The molecule has 0 unspecified atom stereocenters. The molecule has 1 heterocycles. The predicted octanol–water partition coefficient (Wildman–Crippen LogP) is 3.90. The summed E-state index contributed by atoms with van der Waals surface area (Å²) in [6.45, 7) is 2.74. The predicted molar refractivity (Wildman–Crippen MR) is 92.8 cm³/mol. The molecule has 3 aromatic rings. The molecule has 0 saturated carbocycles. The smallest absolute Gasteiger partial charge is 0.294 e. The van der Waals surface area contributed by atoms with Gasteiger partial charge in [0.25, 0.3) is 11.8 Å². The molecule has 25 heavy (non-hydrogen) atoms. The molecule has 0 radical (unpaired) electrons. The molecule has 0 saturated heterocycles. The van der Waals surface area contributed by atoms with E-state index >= 15 is 0 Å². The normalized spacial score (nSPS) is 10.3. The number of benzene rings is 2. The Hall–Kier alpha value is -3.28. The number of para-hydroxylation sites is 2. The first-order chi connectivity index (χ1) is 12.3. The quantitative estimate of drug-likeness (QED) is 0.707. The average Bonchev–Trinajstić information content (AvgIpc) is 3.12. The molecule has 0 aliphatic rings. The summed E-state index contributed by atoms with van der Waals surface area (Å²) in [5.74, 6) is 0.495. The number of aromatic nitrogens is 1. The lowest BCUT2D eigenvalue weighted by Gasteiger charge is -2.09. The van der Waals surface area contributed by atoms with Gasteiger partial charge in [-0.1, -0.05) is 42.5 Å². The third kappa shape index (κ3) is 4.38. The Kier molecular flexibility index (Phi) is 5.31. The summed E-state index contributed by atoms with van der Waals surface area (Å²) in [4.78, 5) is 12.3. The maximum atomic E-state index is 12.3. The number of anilines is 1. The first-order valence-electron chi connectivity index (χ1n) is 7.93. The van der Waals surface area contributed by atoms with Crippen molar-refractivity contribution in [1.29, 1.82) is 0 Å². The standard InChI is InChI=1S/C19H18N2O4/c1-2-23-16-11-7-6-10-15(16)20-19(22)17-12-18(21-25-17)24-13-14-8-4-3-5-9-14/h3-12H,2,13H2,1H3,(H,20,22). The van der Waals surface area contributed by atoms with E-state index in [4.69, 9.17) is 14.0 Å². The molecule has 6 heteroatoms. The molecular formula is C19H18N2O4. The van der Waals surface area contributed by atoms with Gasteiger partial charge in [0, 0.05) is 0 Å². The number of carbonyl (C=O) groups is 1. The molecule has 3 rings (SSSR count). The Morgan fingerprint density at radius 1 is 1.08 bits per heavy atom. The van der Waals surface area contributed by atoms with Gasteiger partial charge in [-0.25, -0.2) is 0 Å². The van der Waals surface area contributed by atoms with Gasteiger partial charge in [-0.05, 0) is 29.8 Å². The van der Waals surface area contributed by atoms with Crippen LogP contribution < -0.4 is 14.8 Å². The van der Waals surface area contributed by atoms with E-state index in [1.165, 1.54) is 6.07 Å². The van der Waals surface area contributed by atoms with Gasteiger partial charge in [0.15, 0.2) is 0 Å². The van der Waals surface area contributed by atoms with Crippen LogP contribution in [0.1, 0.15) is 23.0 Å². The van der Waals surface area contributed by atoms with Crippen molar-refractivity contribution in [2.75, 3.05) is 11.9 Å². The summed E-state index contributed by atoms with van der Waals surface area (Å²) >= 11 is 0. The fourth-order valence-electron chi connectivity index (χ4n) is 2.20. The lowest BCUT2D eigenvalue weighted by Crippen LogP contribution is -2.12. The molecule has 0 bridgehead atoms. The number of hydrogen-bond acceptors (Lipinski definition) is 5. The van der Waals surface area contributed by atoms with Crippen LogP contribution in [0.15, 0.2) is 65.2 Å². The van der Waals surface area contributed by atoms with Gasteiger partial charge >= 0.3 is 0 Å². The molecule has 0 fully saturated rings. The van der Waals surface area contributed by atoms with Gasteiger partial charge in [0.1, 0.15) is 12.4 Å². The van der Waals surface area contributed by atoms with Crippen molar-refractivity contribution >= 4 is 11.6 Å². The van der Waals surface area contributed by atoms with Gasteiger partial charge in [-0.15, -0.1) is 0 Å². The molecular weight excluding hydrogens is 320 g/mol.